The minimum Gasteiger partial charge on any atom is -1.00 e. The van der Waals surface area contributed by atoms with Crippen LogP contribution in [0.2, 0.25) is 0 Å². The van der Waals surface area contributed by atoms with Gasteiger partial charge in [-0.05, 0) is 97.5 Å². The maximum atomic E-state index is 11.4. The van der Waals surface area contributed by atoms with Crippen LogP contribution in [0.3, 0.4) is 0 Å². The van der Waals surface area contributed by atoms with Gasteiger partial charge in [0.05, 0.1) is 9.89 Å². The minimum absolute atomic E-state index is 0. The summed E-state index contributed by atoms with van der Waals surface area (Å²) in [6.07, 6.45) is 9.29. The zero-order valence-corrected chi connectivity index (χ0v) is 26.8. The monoisotopic (exact) mass is 761 g/mol. The predicted octanol–water partition coefficient (Wildman–Crippen LogP) is 4.55. The first-order valence-corrected chi connectivity index (χ1v) is 14.9. The number of phosphoric ester groups is 1. The standard InChI is InChI=1S/C27H26Br2NO5P.HI/c1-4-30-22-10-9-19(28)14-20(22)27(2,3)25(30)11-8-16-6-5-7-17-12-18-13-21(29)24(35-36(31,32)33)15-23(18)34-26(16)17;/h8-15H,4-7H2,1-3H3,(H-,31,32,33);1H/b11-8+;. The highest BCUT2D eigenvalue weighted by Gasteiger charge is 2.44. The van der Waals surface area contributed by atoms with E-state index in [0.29, 0.717) is 10.2 Å². The van der Waals surface area contributed by atoms with Gasteiger partial charge in [0, 0.05) is 33.8 Å². The van der Waals surface area contributed by atoms with Gasteiger partial charge in [0.15, 0.2) is 5.71 Å². The fraction of sp³-hybridized carbons (Fsp3) is 0.296. The Morgan fingerprint density at radius 1 is 1.16 bits per heavy atom. The number of rotatable bonds is 5. The van der Waals surface area contributed by atoms with E-state index in [1.54, 1.807) is 6.07 Å². The van der Waals surface area contributed by atoms with Gasteiger partial charge < -0.3 is 33.2 Å². The Morgan fingerprint density at radius 2 is 1.92 bits per heavy atom. The van der Waals surface area contributed by atoms with Crippen LogP contribution >= 0.6 is 39.7 Å². The second-order valence-corrected chi connectivity index (χ2v) is 12.6. The SMILES string of the molecule is CC[N+]1=C(/C=C/C2=C3Oc4cc(OP(=O)(O)O)c(Br)cc4C=C3CCC2)C(C)(C)c2cc(Br)ccc21.[I-]. The maximum Gasteiger partial charge on any atom is 0.524 e. The molecule has 0 saturated heterocycles. The van der Waals surface area contributed by atoms with Gasteiger partial charge in [-0.15, -0.1) is 0 Å². The first-order chi connectivity index (χ1) is 17.0. The fourth-order valence-electron chi connectivity index (χ4n) is 5.25. The van der Waals surface area contributed by atoms with Gasteiger partial charge in [0.2, 0.25) is 5.69 Å². The number of halogens is 3. The van der Waals surface area contributed by atoms with E-state index < -0.39 is 7.82 Å². The summed E-state index contributed by atoms with van der Waals surface area (Å²) in [7, 11) is -4.70. The molecule has 2 heterocycles. The summed E-state index contributed by atoms with van der Waals surface area (Å²) >= 11 is 6.97. The van der Waals surface area contributed by atoms with Crippen molar-refractivity contribution in [3.05, 3.63) is 79.5 Å². The number of nitrogens with zero attached hydrogens (tertiary/aromatic N) is 1. The molecule has 0 spiro atoms. The normalized spacial score (nSPS) is 18.1. The van der Waals surface area contributed by atoms with Crippen molar-refractivity contribution in [1.29, 1.82) is 0 Å². The van der Waals surface area contributed by atoms with E-state index in [-0.39, 0.29) is 35.1 Å². The Labute approximate surface area is 250 Å². The summed E-state index contributed by atoms with van der Waals surface area (Å²) in [5.74, 6) is 1.36. The lowest BCUT2D eigenvalue weighted by molar-refractivity contribution is -0.433. The molecule has 37 heavy (non-hydrogen) atoms. The van der Waals surface area contributed by atoms with Crippen LogP contribution in [0.5, 0.6) is 11.5 Å². The molecule has 0 bridgehead atoms. The highest BCUT2D eigenvalue weighted by Crippen LogP contribution is 2.47. The van der Waals surface area contributed by atoms with Crippen LogP contribution in [0.1, 0.15) is 51.2 Å². The van der Waals surface area contributed by atoms with Crippen molar-refractivity contribution in [2.75, 3.05) is 6.54 Å². The number of ether oxygens (including phenoxy) is 1. The smallest absolute Gasteiger partial charge is 0.524 e. The number of hydrogen-bond acceptors (Lipinski definition) is 3. The summed E-state index contributed by atoms with van der Waals surface area (Å²) in [6.45, 7) is 7.55. The average molecular weight is 763 g/mol. The molecule has 0 saturated carbocycles. The van der Waals surface area contributed by atoms with Gasteiger partial charge >= 0.3 is 7.82 Å². The molecule has 2 aliphatic heterocycles. The molecule has 10 heteroatoms. The van der Waals surface area contributed by atoms with Gasteiger partial charge in [0.1, 0.15) is 23.8 Å². The molecule has 2 N–H and O–H groups in total. The van der Waals surface area contributed by atoms with Crippen LogP contribution in [-0.4, -0.2) is 26.6 Å². The number of phosphoric acid groups is 1. The molecular weight excluding hydrogens is 736 g/mol. The van der Waals surface area contributed by atoms with E-state index in [1.165, 1.54) is 23.0 Å². The van der Waals surface area contributed by atoms with E-state index in [4.69, 9.17) is 9.26 Å². The zero-order valence-electron chi connectivity index (χ0n) is 20.6. The van der Waals surface area contributed by atoms with E-state index >= 15 is 0 Å². The molecule has 0 atom stereocenters. The molecule has 6 nitrogen and oxygen atoms in total. The summed E-state index contributed by atoms with van der Waals surface area (Å²) in [4.78, 5) is 18.5. The van der Waals surface area contributed by atoms with Crippen molar-refractivity contribution in [1.82, 2.24) is 0 Å². The third-order valence-corrected chi connectivity index (χ3v) is 8.46. The second-order valence-electron chi connectivity index (χ2n) is 9.63. The number of benzene rings is 2. The Bertz CT molecular complexity index is 1450. The van der Waals surface area contributed by atoms with Crippen molar-refractivity contribution in [2.45, 2.75) is 45.4 Å². The van der Waals surface area contributed by atoms with Crippen molar-refractivity contribution in [3.63, 3.8) is 0 Å². The van der Waals surface area contributed by atoms with E-state index in [0.717, 1.165) is 52.7 Å². The second kappa shape index (κ2) is 10.7. The largest absolute Gasteiger partial charge is 1.00 e. The van der Waals surface area contributed by atoms with Gasteiger partial charge in [-0.2, -0.15) is 4.58 Å². The van der Waals surface area contributed by atoms with Crippen LogP contribution in [0, 0.1) is 0 Å². The van der Waals surface area contributed by atoms with Gasteiger partial charge in [-0.3, -0.25) is 9.79 Å². The lowest BCUT2D eigenvalue weighted by atomic mass is 9.81. The van der Waals surface area contributed by atoms with Gasteiger partial charge in [-0.1, -0.05) is 15.9 Å². The molecule has 2 aromatic carbocycles. The number of hydrogen-bond donors (Lipinski definition) is 2. The molecule has 0 aromatic heterocycles. The topological polar surface area (TPSA) is 79.0 Å². The number of fused-ring (bicyclic) bond motifs is 3. The van der Waals surface area contributed by atoms with Crippen molar-refractivity contribution in [3.8, 4) is 11.5 Å². The summed E-state index contributed by atoms with van der Waals surface area (Å²) in [5, 5.41) is 0. The van der Waals surface area contributed by atoms with Crippen molar-refractivity contribution < 1.29 is 52.2 Å². The van der Waals surface area contributed by atoms with Crippen LogP contribution in [0.15, 0.2) is 68.3 Å². The average Bonchev–Trinajstić information content (AvgIpc) is 3.01. The van der Waals surface area contributed by atoms with Crippen molar-refractivity contribution >= 4 is 57.2 Å². The Kier molecular flexibility index (Phi) is 8.35. The first-order valence-electron chi connectivity index (χ1n) is 11.8. The van der Waals surface area contributed by atoms with E-state index in [2.05, 4.69) is 93.6 Å². The molecular formula is C27H27Br2INO5P. The molecule has 0 unspecified atom stereocenters. The van der Waals surface area contributed by atoms with Gasteiger partial charge in [-0.25, -0.2) is 4.57 Å². The van der Waals surface area contributed by atoms with Crippen LogP contribution in [0.4, 0.5) is 5.69 Å². The maximum absolute atomic E-state index is 11.4. The summed E-state index contributed by atoms with van der Waals surface area (Å²) < 4.78 is 26.5. The minimum atomic E-state index is -4.70. The molecule has 0 fully saturated rings. The Morgan fingerprint density at radius 3 is 2.62 bits per heavy atom. The lowest BCUT2D eigenvalue weighted by Gasteiger charge is -2.27. The lowest BCUT2D eigenvalue weighted by Crippen LogP contribution is -3.00. The third kappa shape index (κ3) is 5.58. The molecule has 0 radical (unpaired) electrons. The van der Waals surface area contributed by atoms with Crippen molar-refractivity contribution in [2.24, 2.45) is 0 Å². The quantitative estimate of drug-likeness (QED) is 0.266. The van der Waals surface area contributed by atoms with Crippen LogP contribution in [-0.2, 0) is 9.98 Å². The molecule has 0 amide bonds. The highest BCUT2D eigenvalue weighted by atomic mass is 127. The van der Waals surface area contributed by atoms with E-state index in [1.807, 2.05) is 0 Å². The first kappa shape index (κ1) is 28.8. The van der Waals surface area contributed by atoms with Gasteiger partial charge in [0.25, 0.3) is 0 Å². The summed E-state index contributed by atoms with van der Waals surface area (Å²) in [5.41, 5.74) is 6.69. The van der Waals surface area contributed by atoms with E-state index in [9.17, 15) is 14.4 Å². The third-order valence-electron chi connectivity index (χ3n) is 6.91. The molecule has 3 aliphatic rings. The Hall–Kier alpha value is -1.23. The molecule has 1 aliphatic carbocycles. The predicted molar refractivity (Wildman–Crippen MR) is 148 cm³/mol. The van der Waals surface area contributed by atoms with Crippen LogP contribution < -0.4 is 33.2 Å². The number of allylic oxidation sites excluding steroid dienone is 4. The fourth-order valence-corrected chi connectivity index (χ4v) is 6.58. The highest BCUT2D eigenvalue weighted by molar-refractivity contribution is 9.10. The summed E-state index contributed by atoms with van der Waals surface area (Å²) in [6, 6.07) is 9.75. The van der Waals surface area contributed by atoms with Crippen LogP contribution in [0.25, 0.3) is 6.08 Å². The zero-order chi connectivity index (χ0) is 25.8. The molecule has 196 valence electrons. The molecule has 2 aromatic rings. The molecule has 5 rings (SSSR count). The Balaban J connectivity index is 0.00000320.